The lowest BCUT2D eigenvalue weighted by atomic mass is 9.99. The lowest BCUT2D eigenvalue weighted by Crippen LogP contribution is -2.61. The van der Waals surface area contributed by atoms with Crippen molar-refractivity contribution in [3.63, 3.8) is 0 Å². The molecular formula is C28H32O14. The van der Waals surface area contributed by atoms with E-state index in [0.717, 1.165) is 0 Å². The number of hydrogen-bond acceptors (Lipinski definition) is 14. The molecule has 2 aromatic carbocycles. The molecule has 2 aliphatic rings. The molecule has 2 fully saturated rings. The van der Waals surface area contributed by atoms with Crippen molar-refractivity contribution >= 4 is 11.0 Å². The molecule has 0 saturated carbocycles. The van der Waals surface area contributed by atoms with E-state index in [1.54, 1.807) is 24.3 Å². The summed E-state index contributed by atoms with van der Waals surface area (Å²) >= 11 is 0. The van der Waals surface area contributed by atoms with Gasteiger partial charge in [-0.3, -0.25) is 4.79 Å². The van der Waals surface area contributed by atoms with Crippen molar-refractivity contribution in [3.8, 4) is 28.4 Å². The Bertz CT molecular complexity index is 1420. The number of fused-ring (bicyclic) bond motifs is 1. The van der Waals surface area contributed by atoms with Crippen LogP contribution in [0.15, 0.2) is 51.9 Å². The molecule has 9 atom stereocenters. The summed E-state index contributed by atoms with van der Waals surface area (Å²) in [5, 5.41) is 61.2. The average molecular weight is 593 g/mol. The third-order valence-electron chi connectivity index (χ3n) is 7.25. The van der Waals surface area contributed by atoms with Crippen molar-refractivity contribution in [2.45, 2.75) is 55.3 Å². The Morgan fingerprint density at radius 2 is 1.55 bits per heavy atom. The summed E-state index contributed by atoms with van der Waals surface area (Å²) in [5.41, 5.74) is 0.729. The first-order valence-electron chi connectivity index (χ1n) is 13.0. The Morgan fingerprint density at radius 3 is 2.24 bits per heavy atom. The van der Waals surface area contributed by atoms with Gasteiger partial charge in [-0.15, -0.1) is 0 Å². The van der Waals surface area contributed by atoms with Crippen LogP contribution in [0.5, 0.6) is 17.2 Å². The number of rotatable bonds is 8. The summed E-state index contributed by atoms with van der Waals surface area (Å²) in [4.78, 5) is 13.3. The van der Waals surface area contributed by atoms with E-state index in [1.807, 2.05) is 0 Å². The Morgan fingerprint density at radius 1 is 0.833 bits per heavy atom. The Hall–Kier alpha value is -3.31. The monoisotopic (exact) mass is 592 g/mol. The molecule has 3 aromatic rings. The smallest absolute Gasteiger partial charge is 0.229 e. The molecule has 14 nitrogen and oxygen atoms in total. The van der Waals surface area contributed by atoms with E-state index in [-0.39, 0.29) is 34.5 Å². The molecule has 9 unspecified atom stereocenters. The Kier molecular flexibility index (Phi) is 8.98. The molecule has 0 spiro atoms. The summed E-state index contributed by atoms with van der Waals surface area (Å²) in [6.45, 7) is -0.753. The van der Waals surface area contributed by atoms with Gasteiger partial charge in [0.05, 0.1) is 38.4 Å². The minimum Gasteiger partial charge on any atom is -0.497 e. The molecule has 5 rings (SSSR count). The van der Waals surface area contributed by atoms with Gasteiger partial charge < -0.3 is 63.5 Å². The van der Waals surface area contributed by atoms with Gasteiger partial charge in [0.1, 0.15) is 60.3 Å². The third-order valence-corrected chi connectivity index (χ3v) is 7.25. The van der Waals surface area contributed by atoms with E-state index >= 15 is 0 Å². The Balaban J connectivity index is 1.36. The van der Waals surface area contributed by atoms with Gasteiger partial charge >= 0.3 is 0 Å². The fourth-order valence-electron chi connectivity index (χ4n) is 4.75. The van der Waals surface area contributed by atoms with Gasteiger partial charge in [-0.1, -0.05) is 12.1 Å². The lowest BCUT2D eigenvalue weighted by Gasteiger charge is -2.41. The van der Waals surface area contributed by atoms with E-state index in [9.17, 15) is 35.4 Å². The zero-order valence-corrected chi connectivity index (χ0v) is 22.6. The summed E-state index contributed by atoms with van der Waals surface area (Å²) in [6.07, 6.45) is -12.3. The van der Waals surface area contributed by atoms with Crippen molar-refractivity contribution in [3.05, 3.63) is 52.9 Å². The molecule has 42 heavy (non-hydrogen) atoms. The summed E-state index contributed by atoms with van der Waals surface area (Å²) in [7, 11) is 2.88. The standard InChI is InChI=1S/C28H32O14/c1-36-13-5-3-12(4-6-13)15-9-38-17-8-19(18(37-2)7-14(17)21(15)30)41-28-26(35)24(33)23(32)20(42-28)11-40-27-25(34)22(31)16(29)10-39-27/h3-9,16,20,22-29,31-35H,10-11H2,1-2H3. The number of hydrogen-bond donors (Lipinski definition) is 6. The first kappa shape index (κ1) is 30.2. The molecule has 0 amide bonds. The minimum absolute atomic E-state index is 0.000742. The molecule has 0 aliphatic carbocycles. The predicted octanol–water partition coefficient (Wildman–Crippen LogP) is -0.881. The number of aliphatic hydroxyl groups excluding tert-OH is 6. The van der Waals surface area contributed by atoms with Crippen LogP contribution < -0.4 is 19.6 Å². The molecule has 3 heterocycles. The second-order valence-corrected chi connectivity index (χ2v) is 9.92. The average Bonchev–Trinajstić information content (AvgIpc) is 3.00. The van der Waals surface area contributed by atoms with Crippen LogP contribution in [0.3, 0.4) is 0 Å². The molecule has 14 heteroatoms. The molecule has 1 aromatic heterocycles. The van der Waals surface area contributed by atoms with Gasteiger partial charge in [-0.2, -0.15) is 0 Å². The second kappa shape index (κ2) is 12.5. The highest BCUT2D eigenvalue weighted by atomic mass is 16.7. The van der Waals surface area contributed by atoms with Crippen molar-refractivity contribution in [2.75, 3.05) is 27.4 Å². The van der Waals surface area contributed by atoms with Crippen LogP contribution >= 0.6 is 0 Å². The van der Waals surface area contributed by atoms with Crippen LogP contribution in [-0.4, -0.2) is 113 Å². The van der Waals surface area contributed by atoms with Gasteiger partial charge in [-0.05, 0) is 23.8 Å². The quantitative estimate of drug-likeness (QED) is 0.188. The SMILES string of the molecule is COc1ccc(-c2coc3cc(OC4OC(COC5OCC(O)C(O)C5O)C(O)C(O)C4O)c(OC)cc3c2=O)cc1. The predicted molar refractivity (Wildman–Crippen MR) is 142 cm³/mol. The van der Waals surface area contributed by atoms with Gasteiger partial charge in [0.25, 0.3) is 0 Å². The van der Waals surface area contributed by atoms with Gasteiger partial charge in [0.2, 0.25) is 11.7 Å². The zero-order valence-electron chi connectivity index (χ0n) is 22.6. The first-order valence-corrected chi connectivity index (χ1v) is 13.0. The maximum atomic E-state index is 13.3. The zero-order chi connectivity index (χ0) is 30.1. The molecular weight excluding hydrogens is 560 g/mol. The summed E-state index contributed by atoms with van der Waals surface area (Å²) in [5.74, 6) is 0.724. The molecule has 228 valence electrons. The van der Waals surface area contributed by atoms with Crippen molar-refractivity contribution in [1.82, 2.24) is 0 Å². The van der Waals surface area contributed by atoms with E-state index in [2.05, 4.69) is 0 Å². The highest BCUT2D eigenvalue weighted by molar-refractivity contribution is 5.84. The largest absolute Gasteiger partial charge is 0.497 e. The maximum absolute atomic E-state index is 13.3. The number of methoxy groups -OCH3 is 2. The summed E-state index contributed by atoms with van der Waals surface area (Å²) < 4.78 is 38.4. The van der Waals surface area contributed by atoms with Crippen LogP contribution in [0, 0.1) is 0 Å². The van der Waals surface area contributed by atoms with E-state index in [0.29, 0.717) is 16.9 Å². The van der Waals surface area contributed by atoms with E-state index < -0.39 is 61.9 Å². The van der Waals surface area contributed by atoms with Crippen molar-refractivity contribution in [2.24, 2.45) is 0 Å². The minimum atomic E-state index is -1.72. The molecule has 2 aliphatic heterocycles. The topological polar surface area (TPSA) is 207 Å². The van der Waals surface area contributed by atoms with Gasteiger partial charge in [0.15, 0.2) is 17.8 Å². The number of ether oxygens (including phenoxy) is 6. The van der Waals surface area contributed by atoms with Crippen LogP contribution in [0.2, 0.25) is 0 Å². The van der Waals surface area contributed by atoms with Crippen LogP contribution in [0.25, 0.3) is 22.1 Å². The molecule has 2 saturated heterocycles. The van der Waals surface area contributed by atoms with Gasteiger partial charge in [0, 0.05) is 6.07 Å². The maximum Gasteiger partial charge on any atom is 0.229 e. The number of aliphatic hydroxyl groups is 6. The summed E-state index contributed by atoms with van der Waals surface area (Å²) in [6, 6.07) is 9.65. The highest BCUT2D eigenvalue weighted by Gasteiger charge is 2.46. The molecule has 6 N–H and O–H groups in total. The fraction of sp³-hybridized carbons (Fsp3) is 0.464. The molecule has 0 radical (unpaired) electrons. The van der Waals surface area contributed by atoms with E-state index in [1.165, 1.54) is 32.6 Å². The van der Waals surface area contributed by atoms with Crippen LogP contribution in [0.1, 0.15) is 0 Å². The molecule has 0 bridgehead atoms. The van der Waals surface area contributed by atoms with Gasteiger partial charge in [-0.25, -0.2) is 0 Å². The van der Waals surface area contributed by atoms with Crippen molar-refractivity contribution < 1.29 is 63.5 Å². The second-order valence-electron chi connectivity index (χ2n) is 9.92. The Labute approximate surface area is 238 Å². The first-order chi connectivity index (χ1) is 20.1. The van der Waals surface area contributed by atoms with Crippen LogP contribution in [0.4, 0.5) is 0 Å². The normalized spacial score (nSPS) is 31.6. The highest BCUT2D eigenvalue weighted by Crippen LogP contribution is 2.35. The van der Waals surface area contributed by atoms with Crippen molar-refractivity contribution in [1.29, 1.82) is 0 Å². The number of benzene rings is 2. The lowest BCUT2D eigenvalue weighted by molar-refractivity contribution is -0.307. The fourth-order valence-corrected chi connectivity index (χ4v) is 4.75. The van der Waals surface area contributed by atoms with Crippen LogP contribution in [-0.2, 0) is 14.2 Å². The third kappa shape index (κ3) is 5.81. The van der Waals surface area contributed by atoms with E-state index in [4.69, 9.17) is 32.8 Å².